The highest BCUT2D eigenvalue weighted by Gasteiger charge is 2.07. The number of benzene rings is 2. The van der Waals surface area contributed by atoms with E-state index >= 15 is 0 Å². The molecule has 0 atom stereocenters. The van der Waals surface area contributed by atoms with E-state index in [1.54, 1.807) is 19.2 Å². The number of carbonyl (C=O) groups excluding carboxylic acids is 2. The van der Waals surface area contributed by atoms with Crippen LogP contribution in [0.1, 0.15) is 34.0 Å². The second-order valence-corrected chi connectivity index (χ2v) is 6.25. The number of hydrogen-bond acceptors (Lipinski definition) is 3. The minimum Gasteiger partial charge on any atom is -0.368 e. The van der Waals surface area contributed by atoms with Gasteiger partial charge in [0.1, 0.15) is 0 Å². The molecule has 0 unspecified atom stereocenters. The Morgan fingerprint density at radius 2 is 1.55 bits per heavy atom. The number of guanidine groups is 1. The smallest absolute Gasteiger partial charge is 0.251 e. The molecule has 0 fully saturated rings. The highest BCUT2D eigenvalue weighted by atomic mass is 127. The molecule has 0 bridgehead atoms. The molecule has 0 aromatic heterocycles. The maximum absolute atomic E-state index is 11.9. The number of rotatable bonds is 8. The minimum atomic E-state index is -0.574. The van der Waals surface area contributed by atoms with Gasteiger partial charge in [0, 0.05) is 25.7 Å². The van der Waals surface area contributed by atoms with E-state index in [4.69, 9.17) is 5.73 Å². The van der Waals surface area contributed by atoms with E-state index in [2.05, 4.69) is 40.0 Å². The van der Waals surface area contributed by atoms with E-state index < -0.39 is 5.91 Å². The van der Waals surface area contributed by atoms with Crippen LogP contribution in [-0.4, -0.2) is 31.4 Å². The molecular formula is C21H28IN5O2. The molecule has 0 aliphatic rings. The summed E-state index contributed by atoms with van der Waals surface area (Å²) in [4.78, 5) is 26.9. The van der Waals surface area contributed by atoms with Crippen LogP contribution in [0, 0.1) is 0 Å². The maximum Gasteiger partial charge on any atom is 0.251 e. The Balaban J connectivity index is 0.00000420. The Kier molecular flexibility index (Phi) is 10.7. The molecule has 0 saturated carbocycles. The molecule has 2 amide bonds. The molecule has 0 spiro atoms. The van der Waals surface area contributed by atoms with Crippen molar-refractivity contribution in [3.63, 3.8) is 0 Å². The zero-order valence-corrected chi connectivity index (χ0v) is 19.0. The highest BCUT2D eigenvalue weighted by Crippen LogP contribution is 2.09. The van der Waals surface area contributed by atoms with Crippen molar-refractivity contribution in [3.8, 4) is 0 Å². The van der Waals surface area contributed by atoms with Crippen LogP contribution in [-0.2, 0) is 24.3 Å². The molecule has 0 saturated heterocycles. The topological polar surface area (TPSA) is 109 Å². The van der Waals surface area contributed by atoms with Crippen molar-refractivity contribution in [2.75, 3.05) is 13.6 Å². The van der Waals surface area contributed by atoms with E-state index in [9.17, 15) is 9.59 Å². The summed E-state index contributed by atoms with van der Waals surface area (Å²) >= 11 is 0. The van der Waals surface area contributed by atoms with Gasteiger partial charge in [0.2, 0.25) is 5.91 Å². The molecule has 0 aliphatic carbocycles. The maximum atomic E-state index is 11.9. The lowest BCUT2D eigenvalue weighted by Gasteiger charge is -2.14. The summed E-state index contributed by atoms with van der Waals surface area (Å²) in [7, 11) is 1.73. The van der Waals surface area contributed by atoms with E-state index in [1.807, 2.05) is 24.3 Å². The van der Waals surface area contributed by atoms with Gasteiger partial charge in [0.05, 0.1) is 6.54 Å². The average Bonchev–Trinajstić information content (AvgIpc) is 2.72. The van der Waals surface area contributed by atoms with E-state index in [0.717, 1.165) is 12.0 Å². The summed E-state index contributed by atoms with van der Waals surface area (Å²) in [6, 6.07) is 15.5. The number of hydrogen-bond donors (Lipinski definition) is 4. The van der Waals surface area contributed by atoms with E-state index in [-0.39, 0.29) is 36.4 Å². The summed E-state index contributed by atoms with van der Waals surface area (Å²) in [5, 5.41) is 9.04. The van der Waals surface area contributed by atoms with Gasteiger partial charge in [-0.25, -0.2) is 0 Å². The Bertz CT molecular complexity index is 837. The Morgan fingerprint density at radius 1 is 0.931 bits per heavy atom. The predicted molar refractivity (Wildman–Crippen MR) is 126 cm³/mol. The van der Waals surface area contributed by atoms with Gasteiger partial charge in [-0.1, -0.05) is 43.3 Å². The fraction of sp³-hybridized carbons (Fsp3) is 0.286. The first kappa shape index (κ1) is 24.4. The third kappa shape index (κ3) is 8.10. The first-order valence-electron chi connectivity index (χ1n) is 9.20. The van der Waals surface area contributed by atoms with Crippen LogP contribution in [0.15, 0.2) is 53.5 Å². The number of halogens is 1. The fourth-order valence-corrected chi connectivity index (χ4v) is 2.70. The summed E-state index contributed by atoms with van der Waals surface area (Å²) in [5.41, 5.74) is 9.07. The normalized spacial score (nSPS) is 10.6. The van der Waals surface area contributed by atoms with Gasteiger partial charge < -0.3 is 21.7 Å². The van der Waals surface area contributed by atoms with Gasteiger partial charge >= 0.3 is 0 Å². The van der Waals surface area contributed by atoms with Crippen molar-refractivity contribution in [1.29, 1.82) is 0 Å². The van der Waals surface area contributed by atoms with Crippen LogP contribution < -0.4 is 21.7 Å². The number of nitrogens with two attached hydrogens (primary N) is 1. The molecule has 0 radical (unpaired) electrons. The second kappa shape index (κ2) is 12.8. The van der Waals surface area contributed by atoms with Gasteiger partial charge in [-0.05, 0) is 35.2 Å². The SMILES string of the molecule is CCc1ccccc1CNC(=NC)NCc1ccc(C(=O)NCC(N)=O)cc1.I. The van der Waals surface area contributed by atoms with Crippen molar-refractivity contribution in [3.05, 3.63) is 70.8 Å². The zero-order chi connectivity index (χ0) is 20.4. The Morgan fingerprint density at radius 3 is 2.14 bits per heavy atom. The summed E-state index contributed by atoms with van der Waals surface area (Å²) in [5.74, 6) is -0.200. The van der Waals surface area contributed by atoms with Gasteiger partial charge in [-0.15, -0.1) is 24.0 Å². The van der Waals surface area contributed by atoms with E-state index in [1.165, 1.54) is 11.1 Å². The highest BCUT2D eigenvalue weighted by molar-refractivity contribution is 14.0. The molecule has 29 heavy (non-hydrogen) atoms. The summed E-state index contributed by atoms with van der Waals surface area (Å²) < 4.78 is 0. The number of nitrogens with one attached hydrogen (secondary N) is 3. The monoisotopic (exact) mass is 509 g/mol. The van der Waals surface area contributed by atoms with Gasteiger partial charge in [-0.3, -0.25) is 14.6 Å². The third-order valence-electron chi connectivity index (χ3n) is 4.27. The number of primary amides is 1. The van der Waals surface area contributed by atoms with E-state index in [0.29, 0.717) is 24.6 Å². The van der Waals surface area contributed by atoms with Crippen molar-refractivity contribution in [1.82, 2.24) is 16.0 Å². The molecule has 156 valence electrons. The average molecular weight is 509 g/mol. The second-order valence-electron chi connectivity index (χ2n) is 6.25. The number of nitrogens with zero attached hydrogens (tertiary/aromatic N) is 1. The van der Waals surface area contributed by atoms with Crippen LogP contribution in [0.2, 0.25) is 0 Å². The lowest BCUT2D eigenvalue weighted by Crippen LogP contribution is -2.36. The first-order chi connectivity index (χ1) is 13.5. The Labute approximate surface area is 188 Å². The van der Waals surface area contributed by atoms with Gasteiger partial charge in [0.15, 0.2) is 5.96 Å². The van der Waals surface area contributed by atoms with Crippen LogP contribution in [0.25, 0.3) is 0 Å². The molecule has 2 aromatic carbocycles. The standard InChI is InChI=1S/C21H27N5O2.HI/c1-3-16-6-4-5-7-18(16)13-26-21(23-2)25-12-15-8-10-17(11-9-15)20(28)24-14-19(22)27;/h4-11H,3,12-14H2,1-2H3,(H2,22,27)(H,24,28)(H2,23,25,26);1H. The molecule has 5 N–H and O–H groups in total. The molecule has 2 aromatic rings. The number of aryl methyl sites for hydroxylation is 1. The third-order valence-corrected chi connectivity index (χ3v) is 4.27. The van der Waals surface area contributed by atoms with Crippen molar-refractivity contribution < 1.29 is 9.59 Å². The lowest BCUT2D eigenvalue weighted by molar-refractivity contribution is -0.117. The zero-order valence-electron chi connectivity index (χ0n) is 16.7. The predicted octanol–water partition coefficient (Wildman–Crippen LogP) is 1.95. The molecule has 0 aliphatic heterocycles. The molecular weight excluding hydrogens is 481 g/mol. The summed E-state index contributed by atoms with van der Waals surface area (Å²) in [6.07, 6.45) is 0.989. The van der Waals surface area contributed by atoms with Crippen LogP contribution in [0.4, 0.5) is 0 Å². The molecule has 7 nitrogen and oxygen atoms in total. The quantitative estimate of drug-likeness (QED) is 0.248. The largest absolute Gasteiger partial charge is 0.368 e. The molecule has 0 heterocycles. The van der Waals surface area contributed by atoms with Crippen LogP contribution >= 0.6 is 24.0 Å². The number of carbonyl (C=O) groups is 2. The lowest BCUT2D eigenvalue weighted by atomic mass is 10.1. The van der Waals surface area contributed by atoms with Crippen molar-refractivity contribution in [2.24, 2.45) is 10.7 Å². The summed E-state index contributed by atoms with van der Waals surface area (Å²) in [6.45, 7) is 3.23. The molecule has 8 heteroatoms. The van der Waals surface area contributed by atoms with Crippen molar-refractivity contribution >= 4 is 41.8 Å². The van der Waals surface area contributed by atoms with Crippen LogP contribution in [0.5, 0.6) is 0 Å². The van der Waals surface area contributed by atoms with Gasteiger partial charge in [-0.2, -0.15) is 0 Å². The number of amides is 2. The van der Waals surface area contributed by atoms with Crippen LogP contribution in [0.3, 0.4) is 0 Å². The van der Waals surface area contributed by atoms with Gasteiger partial charge in [0.25, 0.3) is 5.91 Å². The molecule has 2 rings (SSSR count). The minimum absolute atomic E-state index is 0. The number of aliphatic imine (C=N–C) groups is 1. The first-order valence-corrected chi connectivity index (χ1v) is 9.20. The fourth-order valence-electron chi connectivity index (χ4n) is 2.70. The Hall–Kier alpha value is -2.62. The van der Waals surface area contributed by atoms with Crippen molar-refractivity contribution in [2.45, 2.75) is 26.4 Å².